The van der Waals surface area contributed by atoms with E-state index < -0.39 is 0 Å². The molecule has 5 heteroatoms. The van der Waals surface area contributed by atoms with E-state index in [1.165, 1.54) is 31.5 Å². The van der Waals surface area contributed by atoms with Crippen LogP contribution in [-0.4, -0.2) is 40.9 Å². The second kappa shape index (κ2) is 6.99. The van der Waals surface area contributed by atoms with Gasteiger partial charge in [-0.2, -0.15) is 5.10 Å². The second-order valence-electron chi connectivity index (χ2n) is 4.54. The number of rotatable bonds is 4. The lowest BCUT2D eigenvalue weighted by Crippen LogP contribution is -2.40. The monoisotopic (exact) mass is 258 g/mol. The van der Waals surface area contributed by atoms with Gasteiger partial charge in [0, 0.05) is 30.9 Å². The van der Waals surface area contributed by atoms with Gasteiger partial charge in [-0.1, -0.05) is 0 Å². The van der Waals surface area contributed by atoms with Gasteiger partial charge in [0.25, 0.3) is 0 Å². The van der Waals surface area contributed by atoms with E-state index in [4.69, 9.17) is 0 Å². The molecule has 0 radical (unpaired) electrons. The minimum atomic E-state index is 0. The fraction of sp³-hybridized carbons (Fsp3) is 0.750. The second-order valence-corrected chi connectivity index (χ2v) is 4.54. The first-order chi connectivity index (χ1) is 7.81. The van der Waals surface area contributed by atoms with Crippen molar-refractivity contribution in [3.63, 3.8) is 0 Å². The Bertz CT molecular complexity index is 318. The van der Waals surface area contributed by atoms with Gasteiger partial charge < -0.3 is 5.32 Å². The highest BCUT2D eigenvalue weighted by molar-refractivity contribution is 5.85. The zero-order valence-corrected chi connectivity index (χ0v) is 11.5. The van der Waals surface area contributed by atoms with Gasteiger partial charge in [-0.3, -0.25) is 9.58 Å². The third kappa shape index (κ3) is 3.98. The minimum absolute atomic E-state index is 0. The third-order valence-electron chi connectivity index (χ3n) is 3.41. The van der Waals surface area contributed by atoms with Gasteiger partial charge in [-0.05, 0) is 39.9 Å². The number of nitrogens with zero attached hydrogens (tertiary/aromatic N) is 3. The molecule has 0 aliphatic carbocycles. The molecule has 1 aliphatic heterocycles. The molecule has 0 atom stereocenters. The van der Waals surface area contributed by atoms with Gasteiger partial charge in [0.05, 0.1) is 6.20 Å². The predicted octanol–water partition coefficient (Wildman–Crippen LogP) is 1.51. The van der Waals surface area contributed by atoms with Gasteiger partial charge in [0.15, 0.2) is 0 Å². The summed E-state index contributed by atoms with van der Waals surface area (Å²) in [6, 6.07) is 0.717. The van der Waals surface area contributed by atoms with Crippen LogP contribution < -0.4 is 5.32 Å². The minimum Gasteiger partial charge on any atom is -0.317 e. The normalized spacial score (nSPS) is 18.0. The summed E-state index contributed by atoms with van der Waals surface area (Å²) in [4.78, 5) is 2.52. The molecule has 17 heavy (non-hydrogen) atoms. The molecule has 2 heterocycles. The smallest absolute Gasteiger partial charge is 0.0534 e. The third-order valence-corrected chi connectivity index (χ3v) is 3.41. The van der Waals surface area contributed by atoms with Crippen LogP contribution in [0.25, 0.3) is 0 Å². The zero-order valence-electron chi connectivity index (χ0n) is 10.7. The standard InChI is InChI=1S/C12H22N4.ClH/c1-3-16-10-11(8-14-16)9-15-6-4-12(13-2)5-7-15;/h8,10,12-13H,3-7,9H2,1-2H3;1H. The highest BCUT2D eigenvalue weighted by Crippen LogP contribution is 2.13. The summed E-state index contributed by atoms with van der Waals surface area (Å²) in [7, 11) is 2.06. The van der Waals surface area contributed by atoms with Gasteiger partial charge in [-0.15, -0.1) is 12.4 Å². The maximum atomic E-state index is 4.31. The van der Waals surface area contributed by atoms with Crippen LogP contribution in [0.15, 0.2) is 12.4 Å². The topological polar surface area (TPSA) is 33.1 Å². The van der Waals surface area contributed by atoms with E-state index in [1.807, 2.05) is 10.9 Å². The summed E-state index contributed by atoms with van der Waals surface area (Å²) < 4.78 is 2.00. The van der Waals surface area contributed by atoms with Crippen molar-refractivity contribution in [2.24, 2.45) is 0 Å². The lowest BCUT2D eigenvalue weighted by molar-refractivity contribution is 0.194. The molecule has 2 rings (SSSR count). The number of hydrogen-bond acceptors (Lipinski definition) is 3. The van der Waals surface area contributed by atoms with Crippen molar-refractivity contribution in [3.8, 4) is 0 Å². The Hall–Kier alpha value is -0.580. The first-order valence-electron chi connectivity index (χ1n) is 6.22. The summed E-state index contributed by atoms with van der Waals surface area (Å²) in [5.41, 5.74) is 1.34. The fourth-order valence-electron chi connectivity index (χ4n) is 2.30. The van der Waals surface area contributed by atoms with Crippen molar-refractivity contribution in [1.29, 1.82) is 0 Å². The van der Waals surface area contributed by atoms with Crippen LogP contribution in [0.3, 0.4) is 0 Å². The molecule has 1 N–H and O–H groups in total. The van der Waals surface area contributed by atoms with E-state index in [1.54, 1.807) is 0 Å². The molecule has 1 saturated heterocycles. The average Bonchev–Trinajstić information content (AvgIpc) is 2.78. The molecular formula is C12H23ClN4. The number of halogens is 1. The number of aromatic nitrogens is 2. The Morgan fingerprint density at radius 3 is 2.65 bits per heavy atom. The summed E-state index contributed by atoms with van der Waals surface area (Å²) in [5, 5.41) is 7.67. The molecule has 0 bridgehead atoms. The van der Waals surface area contributed by atoms with Gasteiger partial charge >= 0.3 is 0 Å². The predicted molar refractivity (Wildman–Crippen MR) is 72.5 cm³/mol. The number of hydrogen-bond donors (Lipinski definition) is 1. The molecule has 1 aromatic heterocycles. The Morgan fingerprint density at radius 2 is 2.12 bits per heavy atom. The van der Waals surface area contributed by atoms with E-state index in [-0.39, 0.29) is 12.4 Å². The molecule has 0 spiro atoms. The van der Waals surface area contributed by atoms with Crippen molar-refractivity contribution in [2.75, 3.05) is 20.1 Å². The largest absolute Gasteiger partial charge is 0.317 e. The molecule has 0 aromatic carbocycles. The van der Waals surface area contributed by atoms with Crippen molar-refractivity contribution < 1.29 is 0 Å². The molecule has 1 aliphatic rings. The number of aryl methyl sites for hydroxylation is 1. The zero-order chi connectivity index (χ0) is 11.4. The van der Waals surface area contributed by atoms with Crippen molar-refractivity contribution in [1.82, 2.24) is 20.0 Å². The van der Waals surface area contributed by atoms with Crippen LogP contribution in [-0.2, 0) is 13.1 Å². The Kier molecular flexibility index (Phi) is 5.95. The average molecular weight is 259 g/mol. The lowest BCUT2D eigenvalue weighted by atomic mass is 10.1. The molecule has 1 fully saturated rings. The van der Waals surface area contributed by atoms with Crippen LogP contribution in [0.5, 0.6) is 0 Å². The van der Waals surface area contributed by atoms with E-state index in [9.17, 15) is 0 Å². The first-order valence-corrected chi connectivity index (χ1v) is 6.22. The van der Waals surface area contributed by atoms with Crippen molar-refractivity contribution in [3.05, 3.63) is 18.0 Å². The van der Waals surface area contributed by atoms with Crippen LogP contribution in [0, 0.1) is 0 Å². The number of likely N-dealkylation sites (tertiary alicyclic amines) is 1. The molecular weight excluding hydrogens is 236 g/mol. The van der Waals surface area contributed by atoms with E-state index in [2.05, 4.69) is 35.5 Å². The molecule has 98 valence electrons. The van der Waals surface area contributed by atoms with Crippen LogP contribution in [0.2, 0.25) is 0 Å². The quantitative estimate of drug-likeness (QED) is 0.889. The maximum Gasteiger partial charge on any atom is 0.0534 e. The van der Waals surface area contributed by atoms with E-state index >= 15 is 0 Å². The number of nitrogens with one attached hydrogen (secondary N) is 1. The van der Waals surface area contributed by atoms with Crippen molar-refractivity contribution >= 4 is 12.4 Å². The van der Waals surface area contributed by atoms with Gasteiger partial charge in [0.1, 0.15) is 0 Å². The summed E-state index contributed by atoms with van der Waals surface area (Å²) in [6.45, 7) is 6.53. The van der Waals surface area contributed by atoms with Crippen LogP contribution >= 0.6 is 12.4 Å². The molecule has 0 amide bonds. The van der Waals surface area contributed by atoms with Crippen molar-refractivity contribution in [2.45, 2.75) is 38.9 Å². The van der Waals surface area contributed by atoms with Gasteiger partial charge in [0.2, 0.25) is 0 Å². The molecule has 1 aromatic rings. The maximum absolute atomic E-state index is 4.31. The van der Waals surface area contributed by atoms with Crippen LogP contribution in [0.1, 0.15) is 25.3 Å². The molecule has 0 unspecified atom stereocenters. The summed E-state index contributed by atoms with van der Waals surface area (Å²) >= 11 is 0. The first kappa shape index (κ1) is 14.5. The Morgan fingerprint density at radius 1 is 1.41 bits per heavy atom. The van der Waals surface area contributed by atoms with Crippen LogP contribution in [0.4, 0.5) is 0 Å². The lowest BCUT2D eigenvalue weighted by Gasteiger charge is -2.31. The summed E-state index contributed by atoms with van der Waals surface area (Å²) in [5.74, 6) is 0. The highest BCUT2D eigenvalue weighted by atomic mass is 35.5. The molecule has 0 saturated carbocycles. The van der Waals surface area contributed by atoms with E-state index in [0.717, 1.165) is 19.1 Å². The fourth-order valence-corrected chi connectivity index (χ4v) is 2.30. The Labute approximate surface area is 110 Å². The molecule has 4 nitrogen and oxygen atoms in total. The number of piperidine rings is 1. The summed E-state index contributed by atoms with van der Waals surface area (Å²) in [6.07, 6.45) is 6.68. The SMILES string of the molecule is CCn1cc(CN2CCC(NC)CC2)cn1.Cl. The Balaban J connectivity index is 0.00000144. The highest BCUT2D eigenvalue weighted by Gasteiger charge is 2.17. The van der Waals surface area contributed by atoms with E-state index in [0.29, 0.717) is 0 Å². The van der Waals surface area contributed by atoms with Gasteiger partial charge in [-0.25, -0.2) is 0 Å².